The molecule has 0 radical (unpaired) electrons. The molecule has 1 fully saturated rings. The van der Waals surface area contributed by atoms with Crippen LogP contribution in [0.2, 0.25) is 0 Å². The lowest BCUT2D eigenvalue weighted by atomic mass is 9.98. The summed E-state index contributed by atoms with van der Waals surface area (Å²) in [5.41, 5.74) is 6.25. The quantitative estimate of drug-likeness (QED) is 0.475. The number of carbonyl (C=O) groups excluding carboxylic acids is 1. The number of halogens is 1. The van der Waals surface area contributed by atoms with Crippen LogP contribution in [0.25, 0.3) is 0 Å². The Balaban J connectivity index is 1.90. The highest BCUT2D eigenvalue weighted by Gasteiger charge is 2.28. The molecule has 9 heteroatoms. The van der Waals surface area contributed by atoms with Crippen LogP contribution in [0, 0.1) is 11.7 Å². The van der Waals surface area contributed by atoms with E-state index in [4.69, 9.17) is 5.73 Å². The van der Waals surface area contributed by atoms with Crippen LogP contribution in [-0.2, 0) is 21.1 Å². The molecule has 1 aliphatic heterocycles. The van der Waals surface area contributed by atoms with Gasteiger partial charge in [-0.25, -0.2) is 12.8 Å². The SMILES string of the molecule is CN=C(NCC(Cc1ccc(F)cc1)C(N)=O)NC1CCS(=O)(=O)C1. The molecule has 1 aromatic rings. The van der Waals surface area contributed by atoms with E-state index in [-0.39, 0.29) is 29.9 Å². The number of primary amides is 1. The first-order valence-electron chi connectivity index (χ1n) is 8.00. The molecule has 4 N–H and O–H groups in total. The summed E-state index contributed by atoms with van der Waals surface area (Å²) >= 11 is 0. The minimum absolute atomic E-state index is 0.0720. The Morgan fingerprint density at radius 1 is 1.40 bits per heavy atom. The molecule has 1 aliphatic rings. The Hall–Kier alpha value is -2.16. The molecule has 0 saturated carbocycles. The third kappa shape index (κ3) is 6.00. The normalized spacial score (nSPS) is 20.9. The zero-order chi connectivity index (χ0) is 18.4. The summed E-state index contributed by atoms with van der Waals surface area (Å²) in [5.74, 6) is -0.660. The predicted molar refractivity (Wildman–Crippen MR) is 94.3 cm³/mol. The van der Waals surface area contributed by atoms with Crippen molar-refractivity contribution in [3.63, 3.8) is 0 Å². The number of nitrogens with one attached hydrogen (secondary N) is 2. The van der Waals surface area contributed by atoms with E-state index in [0.29, 0.717) is 18.8 Å². The number of aliphatic imine (C=N–C) groups is 1. The van der Waals surface area contributed by atoms with Crippen molar-refractivity contribution in [2.24, 2.45) is 16.6 Å². The fraction of sp³-hybridized carbons (Fsp3) is 0.500. The van der Waals surface area contributed by atoms with Crippen LogP contribution in [0.1, 0.15) is 12.0 Å². The Morgan fingerprint density at radius 2 is 2.08 bits per heavy atom. The maximum atomic E-state index is 13.0. The van der Waals surface area contributed by atoms with Gasteiger partial charge in [0.25, 0.3) is 0 Å². The molecule has 0 aromatic heterocycles. The van der Waals surface area contributed by atoms with Gasteiger partial charge in [0.2, 0.25) is 5.91 Å². The van der Waals surface area contributed by atoms with Gasteiger partial charge in [-0.15, -0.1) is 0 Å². The van der Waals surface area contributed by atoms with Crippen LogP contribution in [0.5, 0.6) is 0 Å². The van der Waals surface area contributed by atoms with Crippen molar-refractivity contribution in [1.82, 2.24) is 10.6 Å². The molecule has 0 aliphatic carbocycles. The zero-order valence-corrected chi connectivity index (χ0v) is 14.9. The van der Waals surface area contributed by atoms with Gasteiger partial charge in [-0.2, -0.15) is 0 Å². The largest absolute Gasteiger partial charge is 0.369 e. The van der Waals surface area contributed by atoms with Gasteiger partial charge < -0.3 is 16.4 Å². The van der Waals surface area contributed by atoms with E-state index in [1.54, 1.807) is 19.2 Å². The minimum atomic E-state index is -2.99. The number of sulfone groups is 1. The average molecular weight is 370 g/mol. The van der Waals surface area contributed by atoms with Gasteiger partial charge >= 0.3 is 0 Å². The van der Waals surface area contributed by atoms with Crippen molar-refractivity contribution < 1.29 is 17.6 Å². The van der Waals surface area contributed by atoms with Gasteiger partial charge in [0.05, 0.1) is 17.4 Å². The predicted octanol–water partition coefficient (Wildman–Crippen LogP) is -0.178. The van der Waals surface area contributed by atoms with Gasteiger partial charge in [0.1, 0.15) is 5.82 Å². The second kappa shape index (κ2) is 8.28. The maximum Gasteiger partial charge on any atom is 0.222 e. The van der Waals surface area contributed by atoms with Crippen LogP contribution in [-0.4, -0.2) is 51.4 Å². The average Bonchev–Trinajstić information content (AvgIpc) is 2.90. The summed E-state index contributed by atoms with van der Waals surface area (Å²) in [6.07, 6.45) is 0.898. The molecule has 7 nitrogen and oxygen atoms in total. The van der Waals surface area contributed by atoms with Crippen LogP contribution in [0.4, 0.5) is 4.39 Å². The molecule has 25 heavy (non-hydrogen) atoms. The Morgan fingerprint density at radius 3 is 2.60 bits per heavy atom. The van der Waals surface area contributed by atoms with Crippen molar-refractivity contribution in [1.29, 1.82) is 0 Å². The summed E-state index contributed by atoms with van der Waals surface area (Å²) in [6.45, 7) is 0.242. The van der Waals surface area contributed by atoms with Crippen LogP contribution < -0.4 is 16.4 Å². The molecule has 138 valence electrons. The monoisotopic (exact) mass is 370 g/mol. The lowest BCUT2D eigenvalue weighted by Gasteiger charge is -2.19. The van der Waals surface area contributed by atoms with Gasteiger partial charge in [-0.05, 0) is 30.5 Å². The molecule has 2 unspecified atom stereocenters. The molecule has 1 saturated heterocycles. The Labute approximate surface area is 146 Å². The van der Waals surface area contributed by atoms with Crippen molar-refractivity contribution in [2.45, 2.75) is 18.9 Å². The summed E-state index contributed by atoms with van der Waals surface area (Å²) in [4.78, 5) is 15.7. The van der Waals surface area contributed by atoms with E-state index in [0.717, 1.165) is 5.56 Å². The molecule has 1 amide bonds. The van der Waals surface area contributed by atoms with Crippen molar-refractivity contribution in [3.8, 4) is 0 Å². The van der Waals surface area contributed by atoms with Crippen LogP contribution >= 0.6 is 0 Å². The molecule has 1 heterocycles. The lowest BCUT2D eigenvalue weighted by Crippen LogP contribution is -2.47. The van der Waals surface area contributed by atoms with Gasteiger partial charge in [-0.3, -0.25) is 9.79 Å². The highest BCUT2D eigenvalue weighted by molar-refractivity contribution is 7.91. The first-order chi connectivity index (χ1) is 11.8. The van der Waals surface area contributed by atoms with Crippen LogP contribution in [0.3, 0.4) is 0 Å². The summed E-state index contributed by atoms with van der Waals surface area (Å²) < 4.78 is 36.0. The summed E-state index contributed by atoms with van der Waals surface area (Å²) in [5, 5.41) is 6.05. The number of nitrogens with two attached hydrogens (primary N) is 1. The Bertz CT molecular complexity index is 734. The van der Waals surface area contributed by atoms with E-state index in [2.05, 4.69) is 15.6 Å². The molecule has 1 aromatic carbocycles. The van der Waals surface area contributed by atoms with Gasteiger partial charge in [0, 0.05) is 19.6 Å². The molecular formula is C16H23FN4O3S. The number of hydrogen-bond acceptors (Lipinski definition) is 4. The number of benzene rings is 1. The third-order valence-electron chi connectivity index (χ3n) is 4.11. The number of amides is 1. The van der Waals surface area contributed by atoms with E-state index >= 15 is 0 Å². The summed E-state index contributed by atoms with van der Waals surface area (Å²) in [7, 11) is -1.42. The number of hydrogen-bond donors (Lipinski definition) is 3. The first kappa shape index (κ1) is 19.2. The third-order valence-corrected chi connectivity index (χ3v) is 5.88. The fourth-order valence-corrected chi connectivity index (χ4v) is 4.37. The van der Waals surface area contributed by atoms with Gasteiger partial charge in [0.15, 0.2) is 15.8 Å². The van der Waals surface area contributed by atoms with Crippen molar-refractivity contribution >= 4 is 21.7 Å². The smallest absolute Gasteiger partial charge is 0.222 e. The highest BCUT2D eigenvalue weighted by Crippen LogP contribution is 2.12. The molecular weight excluding hydrogens is 347 g/mol. The minimum Gasteiger partial charge on any atom is -0.369 e. The number of nitrogens with zero attached hydrogens (tertiary/aromatic N) is 1. The topological polar surface area (TPSA) is 114 Å². The van der Waals surface area contributed by atoms with E-state index < -0.39 is 21.7 Å². The second-order valence-corrected chi connectivity index (χ2v) is 8.36. The van der Waals surface area contributed by atoms with E-state index in [1.165, 1.54) is 12.1 Å². The van der Waals surface area contributed by atoms with Gasteiger partial charge in [-0.1, -0.05) is 12.1 Å². The molecule has 0 spiro atoms. The zero-order valence-electron chi connectivity index (χ0n) is 14.0. The molecule has 2 atom stereocenters. The highest BCUT2D eigenvalue weighted by atomic mass is 32.2. The van der Waals surface area contributed by atoms with Crippen molar-refractivity contribution in [3.05, 3.63) is 35.6 Å². The Kier molecular flexibility index (Phi) is 6.35. The van der Waals surface area contributed by atoms with E-state index in [9.17, 15) is 17.6 Å². The first-order valence-corrected chi connectivity index (χ1v) is 9.82. The number of guanidine groups is 1. The summed E-state index contributed by atoms with van der Waals surface area (Å²) in [6, 6.07) is 5.70. The van der Waals surface area contributed by atoms with Crippen molar-refractivity contribution in [2.75, 3.05) is 25.1 Å². The standard InChI is InChI=1S/C16H23FN4O3S/c1-19-16(21-14-6-7-25(23,24)10-14)20-9-12(15(18)22)8-11-2-4-13(17)5-3-11/h2-5,12,14H,6-10H2,1H3,(H2,18,22)(H2,19,20,21). The molecule has 0 bridgehead atoms. The fourth-order valence-electron chi connectivity index (χ4n) is 2.70. The van der Waals surface area contributed by atoms with Crippen LogP contribution in [0.15, 0.2) is 29.3 Å². The second-order valence-electron chi connectivity index (χ2n) is 6.13. The number of carbonyl (C=O) groups is 1. The maximum absolute atomic E-state index is 13.0. The number of rotatable bonds is 6. The lowest BCUT2D eigenvalue weighted by molar-refractivity contribution is -0.121. The molecule has 2 rings (SSSR count). The van der Waals surface area contributed by atoms with E-state index in [1.807, 2.05) is 0 Å².